The van der Waals surface area contributed by atoms with E-state index in [1.54, 1.807) is 7.05 Å². The van der Waals surface area contributed by atoms with E-state index in [1.807, 2.05) is 0 Å². The average Bonchev–Trinajstić information content (AvgIpc) is 2.43. The largest absolute Gasteiger partial charge is 0.389 e. The second-order valence-corrected chi connectivity index (χ2v) is 5.96. The lowest BCUT2D eigenvalue weighted by molar-refractivity contribution is -0.137. The highest BCUT2D eigenvalue weighted by Gasteiger charge is 2.32. The first-order chi connectivity index (χ1) is 9.89. The van der Waals surface area contributed by atoms with Crippen LogP contribution in [0.4, 0.5) is 8.78 Å². The van der Waals surface area contributed by atoms with Gasteiger partial charge < -0.3 is 10.0 Å². The van der Waals surface area contributed by atoms with Crippen molar-refractivity contribution in [1.82, 2.24) is 4.90 Å². The second kappa shape index (κ2) is 6.52. The van der Waals surface area contributed by atoms with E-state index in [2.05, 4.69) is 0 Å². The van der Waals surface area contributed by atoms with Crippen molar-refractivity contribution in [3.05, 3.63) is 35.4 Å². The van der Waals surface area contributed by atoms with Crippen molar-refractivity contribution in [2.45, 2.75) is 50.7 Å². The lowest BCUT2D eigenvalue weighted by atomic mass is 9.82. The van der Waals surface area contributed by atoms with E-state index in [-0.39, 0.29) is 18.9 Å². The predicted molar refractivity (Wildman–Crippen MR) is 75.5 cm³/mol. The third-order valence-electron chi connectivity index (χ3n) is 4.09. The molecule has 0 saturated heterocycles. The summed E-state index contributed by atoms with van der Waals surface area (Å²) in [5, 5.41) is 10.4. The summed E-state index contributed by atoms with van der Waals surface area (Å²) < 4.78 is 26.0. The fraction of sp³-hybridized carbons (Fsp3) is 0.562. The fourth-order valence-corrected chi connectivity index (χ4v) is 2.80. The maximum absolute atomic E-state index is 13.1. The molecule has 0 unspecified atom stereocenters. The zero-order valence-corrected chi connectivity index (χ0v) is 12.2. The lowest BCUT2D eigenvalue weighted by Crippen LogP contribution is -2.39. The molecule has 1 aromatic carbocycles. The molecule has 1 aliphatic rings. The van der Waals surface area contributed by atoms with Gasteiger partial charge in [0.25, 0.3) is 0 Å². The number of amides is 1. The maximum Gasteiger partial charge on any atom is 0.225 e. The number of halogens is 2. The highest BCUT2D eigenvalue weighted by Crippen LogP contribution is 2.31. The van der Waals surface area contributed by atoms with Gasteiger partial charge in [0.15, 0.2) is 11.6 Å². The lowest BCUT2D eigenvalue weighted by Gasteiger charge is -2.32. The van der Waals surface area contributed by atoms with Crippen molar-refractivity contribution in [3.8, 4) is 0 Å². The van der Waals surface area contributed by atoms with Crippen LogP contribution in [-0.2, 0) is 11.3 Å². The van der Waals surface area contributed by atoms with Crippen LogP contribution in [0.3, 0.4) is 0 Å². The molecule has 0 bridgehead atoms. The van der Waals surface area contributed by atoms with Gasteiger partial charge >= 0.3 is 0 Å². The number of hydrogen-bond donors (Lipinski definition) is 1. The van der Waals surface area contributed by atoms with Gasteiger partial charge in [-0.3, -0.25) is 4.79 Å². The van der Waals surface area contributed by atoms with Gasteiger partial charge in [0.05, 0.1) is 12.0 Å². The fourth-order valence-electron chi connectivity index (χ4n) is 2.80. The van der Waals surface area contributed by atoms with Crippen LogP contribution in [0, 0.1) is 11.6 Å². The number of hydrogen-bond acceptors (Lipinski definition) is 2. The Hall–Kier alpha value is -1.49. The standard InChI is InChI=1S/C16H21F2NO2/c1-19(11-12-5-6-13(17)14(18)9-12)15(20)10-16(21)7-3-2-4-8-16/h5-6,9,21H,2-4,7-8,10-11H2,1H3. The highest BCUT2D eigenvalue weighted by molar-refractivity contribution is 5.77. The molecule has 0 spiro atoms. The van der Waals surface area contributed by atoms with Crippen molar-refractivity contribution >= 4 is 5.91 Å². The molecule has 0 aliphatic heterocycles. The van der Waals surface area contributed by atoms with Crippen LogP contribution in [0.25, 0.3) is 0 Å². The zero-order chi connectivity index (χ0) is 15.5. The average molecular weight is 297 g/mol. The Bertz CT molecular complexity index is 513. The van der Waals surface area contributed by atoms with Gasteiger partial charge in [-0.15, -0.1) is 0 Å². The molecule has 21 heavy (non-hydrogen) atoms. The molecule has 1 aliphatic carbocycles. The molecule has 0 radical (unpaired) electrons. The molecule has 5 heteroatoms. The first kappa shape index (κ1) is 15.9. The van der Waals surface area contributed by atoms with E-state index in [0.29, 0.717) is 18.4 Å². The van der Waals surface area contributed by atoms with Crippen LogP contribution in [-0.4, -0.2) is 28.6 Å². The Balaban J connectivity index is 1.94. The highest BCUT2D eigenvalue weighted by atomic mass is 19.2. The Morgan fingerprint density at radius 3 is 2.52 bits per heavy atom. The SMILES string of the molecule is CN(Cc1ccc(F)c(F)c1)C(=O)CC1(O)CCCCC1. The Morgan fingerprint density at radius 2 is 1.90 bits per heavy atom. The van der Waals surface area contributed by atoms with Crippen molar-refractivity contribution in [3.63, 3.8) is 0 Å². The van der Waals surface area contributed by atoms with Gasteiger partial charge in [-0.05, 0) is 30.5 Å². The van der Waals surface area contributed by atoms with E-state index in [1.165, 1.54) is 11.0 Å². The Labute approximate surface area is 123 Å². The van der Waals surface area contributed by atoms with Crippen LogP contribution in [0.2, 0.25) is 0 Å². The molecule has 2 rings (SSSR count). The van der Waals surface area contributed by atoms with Crippen molar-refractivity contribution < 1.29 is 18.7 Å². The molecule has 1 amide bonds. The van der Waals surface area contributed by atoms with Crippen molar-refractivity contribution in [1.29, 1.82) is 0 Å². The van der Waals surface area contributed by atoms with E-state index in [0.717, 1.165) is 31.4 Å². The van der Waals surface area contributed by atoms with Gasteiger partial charge in [0.1, 0.15) is 0 Å². The van der Waals surface area contributed by atoms with E-state index in [9.17, 15) is 18.7 Å². The van der Waals surface area contributed by atoms with Gasteiger partial charge in [0.2, 0.25) is 5.91 Å². The molecular formula is C16H21F2NO2. The maximum atomic E-state index is 13.1. The number of carbonyl (C=O) groups is 1. The van der Waals surface area contributed by atoms with Crippen molar-refractivity contribution in [2.75, 3.05) is 7.05 Å². The quantitative estimate of drug-likeness (QED) is 0.928. The van der Waals surface area contributed by atoms with Gasteiger partial charge in [0, 0.05) is 13.6 Å². The molecule has 3 nitrogen and oxygen atoms in total. The normalized spacial score (nSPS) is 17.5. The summed E-state index contributed by atoms with van der Waals surface area (Å²) in [6.45, 7) is 0.201. The van der Waals surface area contributed by atoms with Crippen molar-refractivity contribution in [2.24, 2.45) is 0 Å². The smallest absolute Gasteiger partial charge is 0.225 e. The summed E-state index contributed by atoms with van der Waals surface area (Å²) in [5.41, 5.74) is -0.377. The van der Waals surface area contributed by atoms with Crippen LogP contribution in [0.5, 0.6) is 0 Å². The number of rotatable bonds is 4. The predicted octanol–water partition coefficient (Wildman–Crippen LogP) is 3.01. The van der Waals surface area contributed by atoms with E-state index < -0.39 is 17.2 Å². The van der Waals surface area contributed by atoms with Crippen LogP contribution >= 0.6 is 0 Å². The second-order valence-electron chi connectivity index (χ2n) is 5.96. The summed E-state index contributed by atoms with van der Waals surface area (Å²) in [6.07, 6.45) is 4.37. The number of aliphatic hydroxyl groups is 1. The number of carbonyl (C=O) groups excluding carboxylic acids is 1. The minimum atomic E-state index is -0.917. The Morgan fingerprint density at radius 1 is 1.24 bits per heavy atom. The van der Waals surface area contributed by atoms with Crippen LogP contribution in [0.15, 0.2) is 18.2 Å². The molecule has 116 valence electrons. The summed E-state index contributed by atoms with van der Waals surface area (Å²) in [7, 11) is 1.61. The molecule has 1 N–H and O–H groups in total. The minimum absolute atomic E-state index is 0.0905. The van der Waals surface area contributed by atoms with Gasteiger partial charge in [-0.2, -0.15) is 0 Å². The molecule has 1 saturated carbocycles. The molecule has 1 aromatic rings. The molecular weight excluding hydrogens is 276 g/mol. The zero-order valence-electron chi connectivity index (χ0n) is 12.2. The number of nitrogens with zero attached hydrogens (tertiary/aromatic N) is 1. The first-order valence-corrected chi connectivity index (χ1v) is 7.30. The van der Waals surface area contributed by atoms with Crippen LogP contribution < -0.4 is 0 Å². The third-order valence-corrected chi connectivity index (χ3v) is 4.09. The van der Waals surface area contributed by atoms with Crippen LogP contribution in [0.1, 0.15) is 44.1 Å². The monoisotopic (exact) mass is 297 g/mol. The molecule has 0 atom stereocenters. The third kappa shape index (κ3) is 4.24. The Kier molecular flexibility index (Phi) is 4.93. The van der Waals surface area contributed by atoms with E-state index in [4.69, 9.17) is 0 Å². The van der Waals surface area contributed by atoms with Gasteiger partial charge in [-0.1, -0.05) is 25.3 Å². The minimum Gasteiger partial charge on any atom is -0.389 e. The van der Waals surface area contributed by atoms with Gasteiger partial charge in [-0.25, -0.2) is 8.78 Å². The molecule has 0 heterocycles. The molecule has 1 fully saturated rings. The molecule has 0 aromatic heterocycles. The summed E-state index contributed by atoms with van der Waals surface area (Å²) >= 11 is 0. The van der Waals surface area contributed by atoms with E-state index >= 15 is 0 Å². The summed E-state index contributed by atoms with van der Waals surface area (Å²) in [6, 6.07) is 3.60. The summed E-state index contributed by atoms with van der Waals surface area (Å²) in [5.74, 6) is -1.99. The first-order valence-electron chi connectivity index (χ1n) is 7.30. The number of benzene rings is 1. The topological polar surface area (TPSA) is 40.5 Å². The summed E-state index contributed by atoms with van der Waals surface area (Å²) in [4.78, 5) is 13.6.